The van der Waals surface area contributed by atoms with E-state index in [0.29, 0.717) is 0 Å². The Balaban J connectivity index is 2.11. The Hall–Kier alpha value is 0.310. The molecule has 0 unspecified atom stereocenters. The van der Waals surface area contributed by atoms with E-state index in [9.17, 15) is 0 Å². The van der Waals surface area contributed by atoms with Crippen LogP contribution in [0, 0.1) is 5.92 Å². The minimum Gasteiger partial charge on any atom is -0.293 e. The van der Waals surface area contributed by atoms with Crippen LogP contribution in [0.5, 0.6) is 0 Å². The van der Waals surface area contributed by atoms with Crippen LogP contribution in [0.15, 0.2) is 0 Å². The van der Waals surface area contributed by atoms with E-state index < -0.39 is 0 Å². The van der Waals surface area contributed by atoms with Crippen LogP contribution in [0.2, 0.25) is 0 Å². The summed E-state index contributed by atoms with van der Waals surface area (Å²) in [6.07, 6.45) is 0. The minimum atomic E-state index is 0.837. The van der Waals surface area contributed by atoms with E-state index >= 15 is 0 Å². The summed E-state index contributed by atoms with van der Waals surface area (Å²) in [4.78, 5) is 2.52. The first-order chi connectivity index (χ1) is 4.29. The molecule has 0 N–H and O–H groups in total. The van der Waals surface area contributed by atoms with Crippen LogP contribution < -0.4 is 0 Å². The van der Waals surface area contributed by atoms with E-state index in [2.05, 4.69) is 30.5 Å². The molecule has 54 valence electrons. The van der Waals surface area contributed by atoms with E-state index in [1.165, 1.54) is 24.7 Å². The lowest BCUT2D eigenvalue weighted by atomic mass is 10.2. The zero-order valence-corrected chi connectivity index (χ0v) is 7.08. The summed E-state index contributed by atoms with van der Waals surface area (Å²) >= 11 is 2.05. The second-order valence-corrected chi connectivity index (χ2v) is 4.08. The number of hydrogen-bond donors (Lipinski definition) is 0. The van der Waals surface area contributed by atoms with E-state index in [1.807, 2.05) is 0 Å². The molecule has 0 aromatic rings. The summed E-state index contributed by atoms with van der Waals surface area (Å²) in [5.74, 6) is 3.44. The molecule has 9 heavy (non-hydrogen) atoms. The van der Waals surface area contributed by atoms with Crippen molar-refractivity contribution in [1.82, 2.24) is 4.90 Å². The fraction of sp³-hybridized carbons (Fsp3) is 1.00. The third-order valence-corrected chi connectivity index (χ3v) is 2.47. The molecule has 0 aromatic heterocycles. The van der Waals surface area contributed by atoms with E-state index in [0.717, 1.165) is 5.92 Å². The van der Waals surface area contributed by atoms with Gasteiger partial charge >= 0.3 is 0 Å². The van der Waals surface area contributed by atoms with Gasteiger partial charge in [-0.2, -0.15) is 0 Å². The molecule has 0 atom stereocenters. The van der Waals surface area contributed by atoms with Crippen LogP contribution >= 0.6 is 11.8 Å². The monoisotopic (exact) mass is 145 g/mol. The van der Waals surface area contributed by atoms with Crippen molar-refractivity contribution in [3.8, 4) is 0 Å². The first-order valence-electron chi connectivity index (χ1n) is 3.59. The quantitative estimate of drug-likeness (QED) is 0.581. The summed E-state index contributed by atoms with van der Waals surface area (Å²) in [7, 11) is 0. The van der Waals surface area contributed by atoms with Gasteiger partial charge in [-0.3, -0.25) is 4.90 Å². The van der Waals surface area contributed by atoms with Crippen molar-refractivity contribution in [2.45, 2.75) is 13.8 Å². The SMILES string of the molecule is CC(C)CN1CCSC1. The van der Waals surface area contributed by atoms with Crippen molar-refractivity contribution in [3.05, 3.63) is 0 Å². The molecule has 1 rings (SSSR count). The van der Waals surface area contributed by atoms with Crippen LogP contribution in [0.4, 0.5) is 0 Å². The molecule has 1 saturated heterocycles. The number of hydrogen-bond acceptors (Lipinski definition) is 2. The molecular weight excluding hydrogens is 130 g/mol. The van der Waals surface area contributed by atoms with Gasteiger partial charge in [0.2, 0.25) is 0 Å². The fourth-order valence-electron chi connectivity index (χ4n) is 1.11. The third kappa shape index (κ3) is 2.59. The molecule has 0 spiro atoms. The topological polar surface area (TPSA) is 3.24 Å². The average molecular weight is 145 g/mol. The first kappa shape index (κ1) is 7.42. The highest BCUT2D eigenvalue weighted by atomic mass is 32.2. The van der Waals surface area contributed by atoms with Gasteiger partial charge in [-0.15, -0.1) is 11.8 Å². The molecule has 1 aliphatic rings. The Bertz CT molecular complexity index is 77.0. The summed E-state index contributed by atoms with van der Waals surface area (Å²) in [6.45, 7) is 7.15. The molecule has 1 aliphatic heterocycles. The van der Waals surface area contributed by atoms with Crippen molar-refractivity contribution in [1.29, 1.82) is 0 Å². The largest absolute Gasteiger partial charge is 0.293 e. The summed E-state index contributed by atoms with van der Waals surface area (Å²) < 4.78 is 0. The van der Waals surface area contributed by atoms with Gasteiger partial charge in [-0.05, 0) is 5.92 Å². The Morgan fingerprint density at radius 2 is 2.33 bits per heavy atom. The van der Waals surface area contributed by atoms with Crippen molar-refractivity contribution >= 4 is 11.8 Å². The maximum atomic E-state index is 2.52. The van der Waals surface area contributed by atoms with E-state index in [1.54, 1.807) is 0 Å². The lowest BCUT2D eigenvalue weighted by Crippen LogP contribution is -2.24. The van der Waals surface area contributed by atoms with Crippen LogP contribution in [-0.4, -0.2) is 29.6 Å². The summed E-state index contributed by atoms with van der Waals surface area (Å²) in [5, 5.41) is 0. The molecule has 2 heteroatoms. The molecule has 1 heterocycles. The van der Waals surface area contributed by atoms with Crippen LogP contribution in [0.25, 0.3) is 0 Å². The molecule has 0 radical (unpaired) electrons. The fourth-order valence-corrected chi connectivity index (χ4v) is 2.12. The third-order valence-electron chi connectivity index (χ3n) is 1.45. The van der Waals surface area contributed by atoms with Crippen molar-refractivity contribution in [2.75, 3.05) is 24.7 Å². The summed E-state index contributed by atoms with van der Waals surface area (Å²) in [5.41, 5.74) is 0. The molecule has 0 aromatic carbocycles. The highest BCUT2D eigenvalue weighted by Crippen LogP contribution is 2.14. The maximum absolute atomic E-state index is 2.52. The zero-order valence-electron chi connectivity index (χ0n) is 6.26. The normalized spacial score (nSPS) is 21.7. The average Bonchev–Trinajstić information content (AvgIpc) is 2.15. The molecule has 0 bridgehead atoms. The standard InChI is InChI=1S/C7H15NS/c1-7(2)5-8-3-4-9-6-8/h7H,3-6H2,1-2H3. The number of thioether (sulfide) groups is 1. The van der Waals surface area contributed by atoms with Gasteiger partial charge in [0.1, 0.15) is 0 Å². The molecule has 1 nitrogen and oxygen atoms in total. The van der Waals surface area contributed by atoms with Gasteiger partial charge in [-0.25, -0.2) is 0 Å². The minimum absolute atomic E-state index is 0.837. The van der Waals surface area contributed by atoms with Gasteiger partial charge < -0.3 is 0 Å². The highest BCUT2D eigenvalue weighted by Gasteiger charge is 2.11. The molecule has 0 amide bonds. The predicted molar refractivity (Wildman–Crippen MR) is 43.7 cm³/mol. The lowest BCUT2D eigenvalue weighted by Gasteiger charge is -2.15. The molecule has 0 aliphatic carbocycles. The van der Waals surface area contributed by atoms with Gasteiger partial charge in [-0.1, -0.05) is 13.8 Å². The number of rotatable bonds is 2. The van der Waals surface area contributed by atoms with Gasteiger partial charge in [0.25, 0.3) is 0 Å². The van der Waals surface area contributed by atoms with Gasteiger partial charge in [0, 0.05) is 24.7 Å². The Morgan fingerprint density at radius 1 is 1.56 bits per heavy atom. The zero-order chi connectivity index (χ0) is 6.69. The lowest BCUT2D eigenvalue weighted by molar-refractivity contribution is 0.312. The molecule has 0 saturated carbocycles. The predicted octanol–water partition coefficient (Wildman–Crippen LogP) is 1.65. The van der Waals surface area contributed by atoms with Crippen molar-refractivity contribution < 1.29 is 0 Å². The van der Waals surface area contributed by atoms with Gasteiger partial charge in [0.05, 0.1) is 0 Å². The Kier molecular flexibility index (Phi) is 2.86. The van der Waals surface area contributed by atoms with Crippen LogP contribution in [0.1, 0.15) is 13.8 Å². The van der Waals surface area contributed by atoms with E-state index in [4.69, 9.17) is 0 Å². The summed E-state index contributed by atoms with van der Waals surface area (Å²) in [6, 6.07) is 0. The molecular formula is C7H15NS. The van der Waals surface area contributed by atoms with Gasteiger partial charge in [0.15, 0.2) is 0 Å². The van der Waals surface area contributed by atoms with Crippen molar-refractivity contribution in [2.24, 2.45) is 5.92 Å². The Labute approximate surface area is 61.8 Å². The van der Waals surface area contributed by atoms with Crippen LogP contribution in [-0.2, 0) is 0 Å². The van der Waals surface area contributed by atoms with Crippen molar-refractivity contribution in [3.63, 3.8) is 0 Å². The molecule has 1 fully saturated rings. The van der Waals surface area contributed by atoms with E-state index in [-0.39, 0.29) is 0 Å². The second-order valence-electron chi connectivity index (χ2n) is 3.01. The van der Waals surface area contributed by atoms with Crippen LogP contribution in [0.3, 0.4) is 0 Å². The number of nitrogens with zero attached hydrogens (tertiary/aromatic N) is 1. The maximum Gasteiger partial charge on any atom is 0.0445 e. The highest BCUT2D eigenvalue weighted by molar-refractivity contribution is 7.99. The first-order valence-corrected chi connectivity index (χ1v) is 4.74. The second kappa shape index (κ2) is 3.47. The smallest absolute Gasteiger partial charge is 0.0445 e. The Morgan fingerprint density at radius 3 is 2.78 bits per heavy atom.